The molecule has 2 aromatic rings. The average molecular weight is 496 g/mol. The number of piperidine rings is 1. The van der Waals surface area contributed by atoms with E-state index in [9.17, 15) is 18.0 Å². The van der Waals surface area contributed by atoms with Gasteiger partial charge in [0.05, 0.1) is 35.9 Å². The summed E-state index contributed by atoms with van der Waals surface area (Å²) in [5, 5.41) is 5.99. The van der Waals surface area contributed by atoms with Gasteiger partial charge >= 0.3 is 6.18 Å². The lowest BCUT2D eigenvalue weighted by Crippen LogP contribution is -2.35. The predicted molar refractivity (Wildman–Crippen MR) is 124 cm³/mol. The normalized spacial score (nSPS) is 19.6. The highest BCUT2D eigenvalue weighted by Crippen LogP contribution is 2.28. The number of amides is 1. The molecule has 1 saturated heterocycles. The van der Waals surface area contributed by atoms with Gasteiger partial charge in [-0.2, -0.15) is 17.5 Å². The van der Waals surface area contributed by atoms with Crippen LogP contribution in [0.1, 0.15) is 28.9 Å². The van der Waals surface area contributed by atoms with Crippen LogP contribution in [0, 0.1) is 6.92 Å². The number of ether oxygens (including phenoxy) is 1. The summed E-state index contributed by atoms with van der Waals surface area (Å²) in [5.41, 5.74) is 1.22. The molecule has 2 N–H and O–H groups in total. The number of nitrogens with one attached hydrogen (secondary N) is 2. The smallest absolute Gasteiger partial charge is 0.412 e. The molecule has 34 heavy (non-hydrogen) atoms. The van der Waals surface area contributed by atoms with Gasteiger partial charge in [0.2, 0.25) is 5.88 Å². The van der Waals surface area contributed by atoms with E-state index in [4.69, 9.17) is 4.74 Å². The maximum Gasteiger partial charge on any atom is 0.412 e. The number of hydrogen-bond acceptors (Lipinski definition) is 9. The first-order valence-electron chi connectivity index (χ1n) is 10.7. The molecule has 0 spiro atoms. The molecular formula is C21H24F3N7O2S. The number of carbonyl (C=O) groups is 1. The summed E-state index contributed by atoms with van der Waals surface area (Å²) in [6.45, 7) is 3.11. The highest BCUT2D eigenvalue weighted by molar-refractivity contribution is 7.11. The zero-order valence-electron chi connectivity index (χ0n) is 18.6. The highest BCUT2D eigenvalue weighted by atomic mass is 32.1. The largest absolute Gasteiger partial charge is 0.474 e. The van der Waals surface area contributed by atoms with Crippen molar-refractivity contribution in [1.82, 2.24) is 14.3 Å². The Morgan fingerprint density at radius 1 is 1.26 bits per heavy atom. The van der Waals surface area contributed by atoms with E-state index in [0.29, 0.717) is 22.3 Å². The van der Waals surface area contributed by atoms with Gasteiger partial charge in [0.15, 0.2) is 6.04 Å². The Balaban J connectivity index is 1.37. The van der Waals surface area contributed by atoms with Crippen LogP contribution in [0.25, 0.3) is 0 Å². The van der Waals surface area contributed by atoms with Gasteiger partial charge in [0.25, 0.3) is 5.91 Å². The second-order valence-corrected chi connectivity index (χ2v) is 8.89. The maximum atomic E-state index is 12.9. The molecule has 182 valence electrons. The van der Waals surface area contributed by atoms with Crippen molar-refractivity contribution >= 4 is 40.2 Å². The van der Waals surface area contributed by atoms with Crippen molar-refractivity contribution in [3.05, 3.63) is 29.6 Å². The minimum absolute atomic E-state index is 0.120. The van der Waals surface area contributed by atoms with Crippen LogP contribution in [0.5, 0.6) is 5.88 Å². The summed E-state index contributed by atoms with van der Waals surface area (Å²) < 4.78 is 48.4. The lowest BCUT2D eigenvalue weighted by atomic mass is 10.1. The van der Waals surface area contributed by atoms with Crippen molar-refractivity contribution in [2.75, 3.05) is 37.3 Å². The lowest BCUT2D eigenvalue weighted by Gasteiger charge is -2.28. The van der Waals surface area contributed by atoms with E-state index in [0.717, 1.165) is 43.7 Å². The summed E-state index contributed by atoms with van der Waals surface area (Å²) in [6.07, 6.45) is 0.0765. The van der Waals surface area contributed by atoms with Crippen molar-refractivity contribution in [3.63, 3.8) is 0 Å². The number of pyridine rings is 1. The number of rotatable bonds is 5. The first-order chi connectivity index (χ1) is 16.2. The second kappa shape index (κ2) is 10.1. The van der Waals surface area contributed by atoms with E-state index in [1.54, 1.807) is 19.1 Å². The molecule has 1 unspecified atom stereocenters. The van der Waals surface area contributed by atoms with Gasteiger partial charge in [-0.1, -0.05) is 0 Å². The predicted octanol–water partition coefficient (Wildman–Crippen LogP) is 3.40. The van der Waals surface area contributed by atoms with Gasteiger partial charge in [-0.05, 0) is 44.4 Å². The van der Waals surface area contributed by atoms with Crippen LogP contribution in [0.3, 0.4) is 0 Å². The van der Waals surface area contributed by atoms with E-state index in [1.165, 1.54) is 6.20 Å². The molecule has 0 bridgehead atoms. The third-order valence-electron chi connectivity index (χ3n) is 5.47. The molecule has 4 heterocycles. The van der Waals surface area contributed by atoms with Crippen molar-refractivity contribution in [2.45, 2.75) is 38.1 Å². The van der Waals surface area contributed by atoms with Crippen LogP contribution in [0.2, 0.25) is 0 Å². The SMILES string of the molecule is Cc1nsc(NC2=NCC(C(F)(F)F)N=C2)c1C(=O)Nc1ccc(OC2CCN(C)CC2)nc1. The maximum absolute atomic E-state index is 12.9. The third-order valence-corrected chi connectivity index (χ3v) is 6.32. The molecule has 0 aliphatic carbocycles. The number of halogens is 3. The first-order valence-corrected chi connectivity index (χ1v) is 11.5. The number of aryl methyl sites for hydroxylation is 1. The van der Waals surface area contributed by atoms with Crippen molar-refractivity contribution in [3.8, 4) is 5.88 Å². The van der Waals surface area contributed by atoms with Gasteiger partial charge in [-0.25, -0.2) is 4.98 Å². The molecule has 0 radical (unpaired) electrons. The van der Waals surface area contributed by atoms with E-state index < -0.39 is 24.7 Å². The number of aromatic nitrogens is 2. The van der Waals surface area contributed by atoms with Gasteiger partial charge in [-0.15, -0.1) is 0 Å². The fourth-order valence-electron chi connectivity index (χ4n) is 3.52. The highest BCUT2D eigenvalue weighted by Gasteiger charge is 2.40. The topological polar surface area (TPSA) is 104 Å². The summed E-state index contributed by atoms with van der Waals surface area (Å²) in [5.74, 6) is 0.200. The minimum Gasteiger partial charge on any atom is -0.474 e. The van der Waals surface area contributed by atoms with E-state index in [-0.39, 0.29) is 17.5 Å². The second-order valence-electron chi connectivity index (χ2n) is 8.12. The quantitative estimate of drug-likeness (QED) is 0.659. The van der Waals surface area contributed by atoms with Crippen LogP contribution >= 0.6 is 11.5 Å². The standard InChI is InChI=1S/C21H24F3N7O2S/c1-12-18(20(34-30-12)29-16-11-25-15(10-26-16)21(22,23)24)19(32)28-13-3-4-17(27-9-13)33-14-5-7-31(2)8-6-14/h3-4,9,11,14-15H,5-8,10H2,1-2H3,(H,26,29)(H,28,32). The molecule has 0 aromatic carbocycles. The minimum atomic E-state index is -4.45. The van der Waals surface area contributed by atoms with Crippen LogP contribution in [0.15, 0.2) is 28.3 Å². The number of alkyl halides is 3. The fourth-order valence-corrected chi connectivity index (χ4v) is 4.32. The number of aliphatic imine (C=N–C) groups is 2. The molecule has 1 fully saturated rings. The van der Waals surface area contributed by atoms with Crippen molar-refractivity contribution in [1.29, 1.82) is 0 Å². The lowest BCUT2D eigenvalue weighted by molar-refractivity contribution is -0.144. The summed E-state index contributed by atoms with van der Waals surface area (Å²) in [6, 6.07) is 1.55. The molecule has 1 atom stereocenters. The Bertz CT molecular complexity index is 1080. The summed E-state index contributed by atoms with van der Waals surface area (Å²) in [7, 11) is 2.08. The Morgan fingerprint density at radius 2 is 2.03 bits per heavy atom. The summed E-state index contributed by atoms with van der Waals surface area (Å²) in [4.78, 5) is 26.8. The molecule has 4 rings (SSSR count). The first kappa shape index (κ1) is 24.1. The zero-order chi connectivity index (χ0) is 24.3. The molecule has 1 amide bonds. The third kappa shape index (κ3) is 5.89. The van der Waals surface area contributed by atoms with Gasteiger partial charge in [-0.3, -0.25) is 14.8 Å². The van der Waals surface area contributed by atoms with E-state index >= 15 is 0 Å². The number of nitrogens with zero attached hydrogens (tertiary/aromatic N) is 5. The number of likely N-dealkylation sites (tertiary alicyclic amines) is 1. The van der Waals surface area contributed by atoms with Gasteiger partial charge in [0.1, 0.15) is 16.9 Å². The van der Waals surface area contributed by atoms with E-state index in [1.807, 2.05) is 0 Å². The number of hydrogen-bond donors (Lipinski definition) is 2. The van der Waals surface area contributed by atoms with E-state index in [2.05, 4.69) is 41.9 Å². The fraction of sp³-hybridized carbons (Fsp3) is 0.476. The zero-order valence-corrected chi connectivity index (χ0v) is 19.4. The molecule has 2 aliphatic rings. The Morgan fingerprint density at radius 3 is 2.65 bits per heavy atom. The van der Waals surface area contributed by atoms with Gasteiger partial charge in [0, 0.05) is 19.2 Å². The number of amidine groups is 1. The Kier molecular flexibility index (Phi) is 7.12. The Labute approximate surface area is 198 Å². The van der Waals surface area contributed by atoms with Crippen LogP contribution in [-0.2, 0) is 0 Å². The number of anilines is 2. The molecular weight excluding hydrogens is 471 g/mol. The Hall–Kier alpha value is -3.06. The van der Waals surface area contributed by atoms with Crippen LogP contribution in [0.4, 0.5) is 23.9 Å². The molecule has 2 aromatic heterocycles. The molecule has 13 heteroatoms. The number of carbonyl (C=O) groups excluding carboxylic acids is 1. The van der Waals surface area contributed by atoms with Crippen LogP contribution < -0.4 is 15.4 Å². The van der Waals surface area contributed by atoms with Gasteiger partial charge < -0.3 is 20.3 Å². The molecule has 2 aliphatic heterocycles. The monoisotopic (exact) mass is 495 g/mol. The molecule has 0 saturated carbocycles. The van der Waals surface area contributed by atoms with Crippen molar-refractivity contribution in [2.24, 2.45) is 9.98 Å². The molecule has 9 nitrogen and oxygen atoms in total. The van der Waals surface area contributed by atoms with Crippen molar-refractivity contribution < 1.29 is 22.7 Å². The summed E-state index contributed by atoms with van der Waals surface area (Å²) >= 11 is 1.01. The average Bonchev–Trinajstić information content (AvgIpc) is 3.16. The van der Waals surface area contributed by atoms with Crippen LogP contribution in [-0.4, -0.2) is 77.2 Å².